The Labute approximate surface area is 180 Å². The first-order valence-electron chi connectivity index (χ1n) is 10.9. The average Bonchev–Trinajstić information content (AvgIpc) is 2.97. The second-order valence-electron chi connectivity index (χ2n) is 8.06. The molecule has 2 aliphatic rings. The fourth-order valence-corrected chi connectivity index (χ4v) is 5.25. The fraction of sp³-hybridized carbons (Fsp3) is 0.545. The number of aryl methyl sites for hydroxylation is 1. The van der Waals surface area contributed by atoms with Gasteiger partial charge < -0.3 is 16.0 Å². The third kappa shape index (κ3) is 4.64. The Morgan fingerprint density at radius 3 is 3.00 bits per heavy atom. The first-order chi connectivity index (χ1) is 14.6. The van der Waals surface area contributed by atoms with Crippen molar-refractivity contribution in [3.8, 4) is 0 Å². The fourth-order valence-electron chi connectivity index (χ4n) is 4.20. The highest BCUT2D eigenvalue weighted by molar-refractivity contribution is 7.20. The molecule has 160 valence electrons. The summed E-state index contributed by atoms with van der Waals surface area (Å²) >= 11 is 1.36. The first-order valence-corrected chi connectivity index (χ1v) is 11.7. The van der Waals surface area contributed by atoms with Crippen LogP contribution in [0.4, 0.5) is 5.82 Å². The third-order valence-corrected chi connectivity index (χ3v) is 7.10. The zero-order chi connectivity index (χ0) is 20.9. The molecule has 4 rings (SSSR count). The van der Waals surface area contributed by atoms with Gasteiger partial charge in [-0.15, -0.1) is 11.3 Å². The highest BCUT2D eigenvalue weighted by Gasteiger charge is 2.26. The van der Waals surface area contributed by atoms with Crippen molar-refractivity contribution in [2.45, 2.75) is 64.3 Å². The number of allylic oxidation sites excluding steroid dienone is 1. The molecule has 1 fully saturated rings. The molecule has 0 unspecified atom stereocenters. The monoisotopic (exact) mass is 427 g/mol. The van der Waals surface area contributed by atoms with E-state index in [1.165, 1.54) is 42.6 Å². The topological polar surface area (TPSA) is 96.0 Å². The maximum atomic E-state index is 12.9. The molecule has 3 N–H and O–H groups in total. The summed E-state index contributed by atoms with van der Waals surface area (Å²) < 4.78 is 0. The van der Waals surface area contributed by atoms with E-state index in [0.717, 1.165) is 47.4 Å². The van der Waals surface area contributed by atoms with Crippen LogP contribution in [-0.4, -0.2) is 40.9 Å². The number of anilines is 1. The van der Waals surface area contributed by atoms with Crippen molar-refractivity contribution < 1.29 is 9.59 Å². The predicted octanol–water partition coefficient (Wildman–Crippen LogP) is 3.70. The van der Waals surface area contributed by atoms with Crippen molar-refractivity contribution in [1.29, 1.82) is 0 Å². The van der Waals surface area contributed by atoms with Gasteiger partial charge in [0.2, 0.25) is 5.91 Å². The Hall–Kier alpha value is -2.48. The van der Waals surface area contributed by atoms with Crippen molar-refractivity contribution in [3.63, 3.8) is 0 Å². The minimum Gasteiger partial charge on any atom is -0.369 e. The summed E-state index contributed by atoms with van der Waals surface area (Å²) in [6, 6.07) is -0.475. The van der Waals surface area contributed by atoms with Gasteiger partial charge in [-0.1, -0.05) is 11.6 Å². The molecule has 0 radical (unpaired) electrons. The number of thiophene rings is 1. The normalized spacial score (nSPS) is 19.7. The van der Waals surface area contributed by atoms with E-state index < -0.39 is 6.04 Å². The molecule has 0 aromatic carbocycles. The summed E-state index contributed by atoms with van der Waals surface area (Å²) in [7, 11) is 0. The van der Waals surface area contributed by atoms with Crippen molar-refractivity contribution in [2.75, 3.05) is 18.4 Å². The van der Waals surface area contributed by atoms with Gasteiger partial charge in [0.1, 0.15) is 23.0 Å². The number of nitrogens with zero attached hydrogens (tertiary/aromatic N) is 2. The van der Waals surface area contributed by atoms with Gasteiger partial charge in [0.15, 0.2) is 0 Å². The van der Waals surface area contributed by atoms with E-state index in [0.29, 0.717) is 17.8 Å². The Morgan fingerprint density at radius 1 is 1.27 bits per heavy atom. The molecular weight excluding hydrogens is 398 g/mol. The third-order valence-electron chi connectivity index (χ3n) is 5.90. The number of carbonyl (C=O) groups is 2. The standard InChI is InChI=1S/C22H29N5O2S/c1-14-17-19(23-12-10-15-7-3-2-4-8-15)25-13-26-22(17)30-18(14)21(29)27-16-9-5-6-11-24-20(16)28/h7,13,16H,2-6,8-12H2,1H3,(H,24,28)(H,27,29)(H,23,25,26)/t16-/m0/s1. The lowest BCUT2D eigenvalue weighted by Crippen LogP contribution is -2.45. The number of aromatic nitrogens is 2. The summed E-state index contributed by atoms with van der Waals surface area (Å²) in [4.78, 5) is 35.3. The molecule has 1 aliphatic heterocycles. The molecule has 2 aromatic heterocycles. The van der Waals surface area contributed by atoms with Crippen LogP contribution in [0.1, 0.15) is 66.6 Å². The summed E-state index contributed by atoms with van der Waals surface area (Å²) in [5.74, 6) is 0.464. The highest BCUT2D eigenvalue weighted by Crippen LogP contribution is 2.33. The van der Waals surface area contributed by atoms with Crippen molar-refractivity contribution in [3.05, 3.63) is 28.4 Å². The molecule has 1 saturated heterocycles. The lowest BCUT2D eigenvalue weighted by Gasteiger charge is -2.15. The molecule has 30 heavy (non-hydrogen) atoms. The molecular formula is C22H29N5O2S. The van der Waals surface area contributed by atoms with Crippen LogP contribution in [0.25, 0.3) is 10.2 Å². The number of nitrogens with one attached hydrogen (secondary N) is 3. The second kappa shape index (κ2) is 9.55. The van der Waals surface area contributed by atoms with Gasteiger partial charge in [-0.3, -0.25) is 9.59 Å². The van der Waals surface area contributed by atoms with Crippen molar-refractivity contribution in [1.82, 2.24) is 20.6 Å². The minimum atomic E-state index is -0.475. The zero-order valence-electron chi connectivity index (χ0n) is 17.4. The molecule has 7 nitrogen and oxygen atoms in total. The van der Waals surface area contributed by atoms with E-state index in [-0.39, 0.29) is 11.8 Å². The summed E-state index contributed by atoms with van der Waals surface area (Å²) in [5.41, 5.74) is 2.38. The second-order valence-corrected chi connectivity index (χ2v) is 9.06. The van der Waals surface area contributed by atoms with E-state index in [1.54, 1.807) is 6.33 Å². The van der Waals surface area contributed by atoms with Gasteiger partial charge in [0.05, 0.1) is 10.3 Å². The molecule has 0 bridgehead atoms. The quantitative estimate of drug-likeness (QED) is 0.611. The maximum Gasteiger partial charge on any atom is 0.262 e. The zero-order valence-corrected chi connectivity index (χ0v) is 18.2. The molecule has 0 saturated carbocycles. The molecule has 2 aromatic rings. The van der Waals surface area contributed by atoms with Gasteiger partial charge >= 0.3 is 0 Å². The van der Waals surface area contributed by atoms with Gasteiger partial charge in [-0.25, -0.2) is 9.97 Å². The number of hydrogen-bond acceptors (Lipinski definition) is 6. The predicted molar refractivity (Wildman–Crippen MR) is 120 cm³/mol. The summed E-state index contributed by atoms with van der Waals surface area (Å²) in [5, 5.41) is 10.1. The lowest BCUT2D eigenvalue weighted by molar-refractivity contribution is -0.122. The number of amides is 2. The van der Waals surface area contributed by atoms with Crippen molar-refractivity contribution in [2.24, 2.45) is 0 Å². The van der Waals surface area contributed by atoms with Gasteiger partial charge in [-0.2, -0.15) is 0 Å². The number of fused-ring (bicyclic) bond motifs is 1. The smallest absolute Gasteiger partial charge is 0.262 e. The summed E-state index contributed by atoms with van der Waals surface area (Å²) in [6.07, 6.45) is 12.4. The molecule has 0 spiro atoms. The Kier molecular flexibility index (Phi) is 6.62. The van der Waals surface area contributed by atoms with Gasteiger partial charge in [0.25, 0.3) is 5.91 Å². The Morgan fingerprint density at radius 2 is 2.17 bits per heavy atom. The van der Waals surface area contributed by atoms with Crippen LogP contribution in [0.5, 0.6) is 0 Å². The summed E-state index contributed by atoms with van der Waals surface area (Å²) in [6.45, 7) is 3.42. The van der Waals surface area contributed by atoms with Crippen LogP contribution in [0, 0.1) is 6.92 Å². The van der Waals surface area contributed by atoms with E-state index in [1.807, 2.05) is 6.92 Å². The van der Waals surface area contributed by atoms with Crippen LogP contribution in [-0.2, 0) is 4.79 Å². The minimum absolute atomic E-state index is 0.0984. The van der Waals surface area contributed by atoms with Crippen LogP contribution in [0.3, 0.4) is 0 Å². The molecule has 1 atom stereocenters. The van der Waals surface area contributed by atoms with E-state index in [9.17, 15) is 9.59 Å². The Bertz CT molecular complexity index is 968. The Balaban J connectivity index is 1.49. The van der Waals surface area contributed by atoms with Gasteiger partial charge in [-0.05, 0) is 63.9 Å². The molecule has 3 heterocycles. The van der Waals surface area contributed by atoms with E-state index >= 15 is 0 Å². The van der Waals surface area contributed by atoms with E-state index in [4.69, 9.17) is 0 Å². The number of hydrogen-bond donors (Lipinski definition) is 3. The number of rotatable bonds is 6. The maximum absolute atomic E-state index is 12.9. The molecule has 2 amide bonds. The van der Waals surface area contributed by atoms with Crippen LogP contribution >= 0.6 is 11.3 Å². The highest BCUT2D eigenvalue weighted by atomic mass is 32.1. The first kappa shape index (κ1) is 20.8. The lowest BCUT2D eigenvalue weighted by atomic mass is 9.97. The molecule has 8 heteroatoms. The van der Waals surface area contributed by atoms with Crippen molar-refractivity contribution >= 4 is 39.2 Å². The average molecular weight is 428 g/mol. The SMILES string of the molecule is Cc1c(C(=O)N[C@H]2CCCCNC2=O)sc2ncnc(NCCC3=CCCCC3)c12. The number of carbonyl (C=O) groups excluding carboxylic acids is 2. The van der Waals surface area contributed by atoms with Crippen LogP contribution in [0.15, 0.2) is 18.0 Å². The molecule has 1 aliphatic carbocycles. The largest absolute Gasteiger partial charge is 0.369 e. The van der Waals surface area contributed by atoms with Crippen LogP contribution < -0.4 is 16.0 Å². The van der Waals surface area contributed by atoms with E-state index in [2.05, 4.69) is 32.0 Å². The van der Waals surface area contributed by atoms with Crippen LogP contribution in [0.2, 0.25) is 0 Å². The van der Waals surface area contributed by atoms with Gasteiger partial charge in [0, 0.05) is 13.1 Å².